The molecule has 0 aliphatic carbocycles. The van der Waals surface area contributed by atoms with E-state index in [-0.39, 0.29) is 18.0 Å². The first-order valence-electron chi connectivity index (χ1n) is 8.38. The lowest BCUT2D eigenvalue weighted by atomic mass is 10.0. The van der Waals surface area contributed by atoms with Crippen LogP contribution in [0.5, 0.6) is 5.75 Å². The summed E-state index contributed by atoms with van der Waals surface area (Å²) in [5.41, 5.74) is 2.43. The van der Waals surface area contributed by atoms with Crippen molar-refractivity contribution in [2.75, 3.05) is 0 Å². The van der Waals surface area contributed by atoms with Gasteiger partial charge in [-0.15, -0.1) is 0 Å². The molecule has 134 valence electrons. The summed E-state index contributed by atoms with van der Waals surface area (Å²) in [7, 11) is 0. The van der Waals surface area contributed by atoms with E-state index in [1.165, 1.54) is 6.07 Å². The Hall–Kier alpha value is -2.63. The van der Waals surface area contributed by atoms with E-state index in [1.54, 1.807) is 13.8 Å². The van der Waals surface area contributed by atoms with Gasteiger partial charge in [0.15, 0.2) is 6.10 Å². The number of ether oxygens (including phenoxy) is 1. The maximum Gasteiger partial charge on any atom is 0.261 e. The van der Waals surface area contributed by atoms with Crippen molar-refractivity contribution in [2.24, 2.45) is 0 Å². The van der Waals surface area contributed by atoms with Crippen LogP contribution in [0.25, 0.3) is 0 Å². The van der Waals surface area contributed by atoms with Crippen LogP contribution in [0.15, 0.2) is 29.1 Å². The molecule has 6 heteroatoms. The Morgan fingerprint density at radius 2 is 1.96 bits per heavy atom. The fourth-order valence-electron chi connectivity index (χ4n) is 2.52. The number of H-pyrrole nitrogens is 1. The van der Waals surface area contributed by atoms with E-state index >= 15 is 0 Å². The molecule has 1 amide bonds. The third-order valence-corrected chi connectivity index (χ3v) is 3.82. The van der Waals surface area contributed by atoms with E-state index in [0.29, 0.717) is 17.4 Å². The molecule has 0 saturated heterocycles. The van der Waals surface area contributed by atoms with E-state index in [0.717, 1.165) is 16.9 Å². The summed E-state index contributed by atoms with van der Waals surface area (Å²) in [6.45, 7) is 9.75. The molecule has 25 heavy (non-hydrogen) atoms. The number of benzene rings is 1. The van der Waals surface area contributed by atoms with E-state index in [4.69, 9.17) is 4.74 Å². The maximum absolute atomic E-state index is 12.3. The van der Waals surface area contributed by atoms with Crippen LogP contribution in [0.3, 0.4) is 0 Å². The Morgan fingerprint density at radius 1 is 1.24 bits per heavy atom. The van der Waals surface area contributed by atoms with Gasteiger partial charge >= 0.3 is 0 Å². The van der Waals surface area contributed by atoms with Gasteiger partial charge in [-0.05, 0) is 43.9 Å². The molecule has 0 radical (unpaired) electrons. The van der Waals surface area contributed by atoms with E-state index < -0.39 is 6.10 Å². The first kappa shape index (κ1) is 18.7. The molecule has 2 N–H and O–H groups in total. The zero-order chi connectivity index (χ0) is 18.6. The van der Waals surface area contributed by atoms with Crippen molar-refractivity contribution >= 4 is 5.91 Å². The number of carbonyl (C=O) groups excluding carboxylic acids is 1. The van der Waals surface area contributed by atoms with Gasteiger partial charge < -0.3 is 15.0 Å². The summed E-state index contributed by atoms with van der Waals surface area (Å²) in [5.74, 6) is 1.29. The van der Waals surface area contributed by atoms with Crippen molar-refractivity contribution in [1.82, 2.24) is 15.3 Å². The second-order valence-electron chi connectivity index (χ2n) is 6.50. The van der Waals surface area contributed by atoms with Gasteiger partial charge in [0.25, 0.3) is 11.5 Å². The predicted octanol–water partition coefficient (Wildman–Crippen LogP) is 2.59. The number of hydrogen-bond donors (Lipinski definition) is 2. The number of carbonyl (C=O) groups is 1. The maximum atomic E-state index is 12.3. The minimum absolute atomic E-state index is 0.183. The molecule has 1 atom stereocenters. The lowest BCUT2D eigenvalue weighted by Gasteiger charge is -2.19. The minimum atomic E-state index is -0.651. The highest BCUT2D eigenvalue weighted by Crippen LogP contribution is 2.28. The summed E-state index contributed by atoms with van der Waals surface area (Å²) in [6.07, 6.45) is -0.651. The number of nitrogens with zero attached hydrogens (tertiary/aromatic N) is 1. The minimum Gasteiger partial charge on any atom is -0.481 e. The van der Waals surface area contributed by atoms with Crippen molar-refractivity contribution in [2.45, 2.75) is 53.2 Å². The van der Waals surface area contributed by atoms with Gasteiger partial charge in [-0.3, -0.25) is 9.59 Å². The molecular weight excluding hydrogens is 318 g/mol. The summed E-state index contributed by atoms with van der Waals surface area (Å²) in [4.78, 5) is 30.5. The van der Waals surface area contributed by atoms with E-state index in [9.17, 15) is 9.59 Å². The van der Waals surface area contributed by atoms with Gasteiger partial charge in [-0.25, -0.2) is 4.98 Å². The Kier molecular flexibility index (Phi) is 5.96. The van der Waals surface area contributed by atoms with Gasteiger partial charge in [0.05, 0.1) is 12.2 Å². The highest BCUT2D eigenvalue weighted by Gasteiger charge is 2.17. The second kappa shape index (κ2) is 7.96. The molecule has 2 aromatic rings. The lowest BCUT2D eigenvalue weighted by Crippen LogP contribution is -2.36. The number of nitrogens with one attached hydrogen (secondary N) is 2. The van der Waals surface area contributed by atoms with Crippen LogP contribution < -0.4 is 15.6 Å². The first-order valence-corrected chi connectivity index (χ1v) is 8.38. The van der Waals surface area contributed by atoms with Gasteiger partial charge in [0.2, 0.25) is 0 Å². The number of aromatic nitrogens is 2. The quantitative estimate of drug-likeness (QED) is 0.844. The highest BCUT2D eigenvalue weighted by atomic mass is 16.5. The van der Waals surface area contributed by atoms with Crippen LogP contribution in [0.4, 0.5) is 0 Å². The monoisotopic (exact) mass is 343 g/mol. The molecule has 0 aliphatic heterocycles. The van der Waals surface area contributed by atoms with Crippen molar-refractivity contribution in [3.8, 4) is 5.75 Å². The molecule has 1 aromatic heterocycles. The van der Waals surface area contributed by atoms with Crippen LogP contribution in [0, 0.1) is 13.8 Å². The van der Waals surface area contributed by atoms with Crippen LogP contribution in [-0.2, 0) is 11.3 Å². The van der Waals surface area contributed by atoms with Crippen LogP contribution >= 0.6 is 0 Å². The van der Waals surface area contributed by atoms with E-state index in [1.807, 2.05) is 25.1 Å². The third kappa shape index (κ3) is 5.17. The summed E-state index contributed by atoms with van der Waals surface area (Å²) in [6, 6.07) is 7.38. The van der Waals surface area contributed by atoms with Crippen molar-refractivity contribution < 1.29 is 9.53 Å². The molecule has 0 fully saturated rings. The summed E-state index contributed by atoms with van der Waals surface area (Å²) in [5, 5.41) is 2.76. The predicted molar refractivity (Wildman–Crippen MR) is 96.8 cm³/mol. The second-order valence-corrected chi connectivity index (χ2v) is 6.50. The lowest BCUT2D eigenvalue weighted by molar-refractivity contribution is -0.127. The smallest absolute Gasteiger partial charge is 0.261 e. The average Bonchev–Trinajstić information content (AvgIpc) is 2.51. The average molecular weight is 343 g/mol. The van der Waals surface area contributed by atoms with Gasteiger partial charge in [-0.2, -0.15) is 0 Å². The number of rotatable bonds is 6. The topological polar surface area (TPSA) is 84.1 Å². The molecule has 0 bridgehead atoms. The molecule has 0 unspecified atom stereocenters. The van der Waals surface area contributed by atoms with E-state index in [2.05, 4.69) is 29.1 Å². The molecule has 6 nitrogen and oxygen atoms in total. The molecule has 2 rings (SSSR count). The fourth-order valence-corrected chi connectivity index (χ4v) is 2.52. The molecule has 1 aromatic carbocycles. The number of hydrogen-bond acceptors (Lipinski definition) is 4. The summed E-state index contributed by atoms with van der Waals surface area (Å²) >= 11 is 0. The molecule has 0 saturated carbocycles. The Bertz CT molecular complexity index is 812. The zero-order valence-electron chi connectivity index (χ0n) is 15.3. The molecule has 0 spiro atoms. The number of aryl methyl sites for hydroxylation is 2. The highest BCUT2D eigenvalue weighted by molar-refractivity contribution is 5.80. The Balaban J connectivity index is 2.03. The van der Waals surface area contributed by atoms with Crippen molar-refractivity contribution in [3.05, 3.63) is 57.3 Å². The van der Waals surface area contributed by atoms with Crippen molar-refractivity contribution in [3.63, 3.8) is 0 Å². The molecule has 0 aliphatic rings. The van der Waals surface area contributed by atoms with Crippen LogP contribution in [0.1, 0.15) is 49.3 Å². The Morgan fingerprint density at radius 3 is 2.60 bits per heavy atom. The van der Waals surface area contributed by atoms with Crippen molar-refractivity contribution in [1.29, 1.82) is 0 Å². The zero-order valence-corrected chi connectivity index (χ0v) is 15.3. The van der Waals surface area contributed by atoms with Gasteiger partial charge in [0.1, 0.15) is 11.6 Å². The van der Waals surface area contributed by atoms with Gasteiger partial charge in [-0.1, -0.05) is 26.0 Å². The first-order chi connectivity index (χ1) is 11.8. The van der Waals surface area contributed by atoms with Gasteiger partial charge in [0, 0.05) is 6.07 Å². The largest absolute Gasteiger partial charge is 0.481 e. The molecule has 1 heterocycles. The van der Waals surface area contributed by atoms with Crippen LogP contribution in [-0.4, -0.2) is 22.0 Å². The standard InChI is InChI=1S/C19H25N3O3/c1-11(2)16-7-6-12(3)8-17(16)25-13(4)19(24)20-10-15-9-18(23)22-14(5)21-15/h6-9,11,13H,10H2,1-5H3,(H,20,24)(H,21,22,23)/t13-/m1/s1. The normalized spacial score (nSPS) is 12.1. The summed E-state index contributed by atoms with van der Waals surface area (Å²) < 4.78 is 5.88. The fraction of sp³-hybridized carbons (Fsp3) is 0.421. The SMILES string of the molecule is Cc1ccc(C(C)C)c(O[C@H](C)C(=O)NCc2cc(=O)[nH]c(C)n2)c1. The molecular formula is C19H25N3O3. The third-order valence-electron chi connectivity index (χ3n) is 3.82. The van der Waals surface area contributed by atoms with Crippen LogP contribution in [0.2, 0.25) is 0 Å². The Labute approximate surface area is 147 Å². The number of aromatic amines is 1. The number of amides is 1.